The Hall–Kier alpha value is -5.37. The van der Waals surface area contributed by atoms with Gasteiger partial charge < -0.3 is 9.47 Å². The van der Waals surface area contributed by atoms with E-state index in [-0.39, 0.29) is 52.8 Å². The first-order valence-corrected chi connectivity index (χ1v) is 16.4. The quantitative estimate of drug-likeness (QED) is 0.158. The molecule has 0 aliphatic heterocycles. The van der Waals surface area contributed by atoms with Gasteiger partial charge in [0, 0.05) is 43.1 Å². The predicted molar refractivity (Wildman–Crippen MR) is 187 cm³/mol. The molecule has 0 unspecified atom stereocenters. The molecule has 0 amide bonds. The van der Waals surface area contributed by atoms with Gasteiger partial charge in [-0.3, -0.25) is 19.1 Å². The zero-order valence-corrected chi connectivity index (χ0v) is 28.4. The number of Topliss-reactive ketones (excluding diaryl/α,β-unsaturated/α-hetero) is 1. The molecule has 6 rings (SSSR count). The number of carbonyl (C=O) groups is 1. The number of ether oxygens (including phenoxy) is 2. The van der Waals surface area contributed by atoms with Crippen LogP contribution >= 0.6 is 11.3 Å². The summed E-state index contributed by atoms with van der Waals surface area (Å²) in [5.41, 5.74) is 1.38. The summed E-state index contributed by atoms with van der Waals surface area (Å²) in [5, 5.41) is 8.23. The van der Waals surface area contributed by atoms with Crippen molar-refractivity contribution in [2.75, 3.05) is 27.9 Å². The minimum absolute atomic E-state index is 0.000936. The summed E-state index contributed by atoms with van der Waals surface area (Å²) in [6.07, 6.45) is 0.189. The number of methoxy groups -OCH3 is 2. The summed E-state index contributed by atoms with van der Waals surface area (Å²) >= 11 is 1.18. The first-order chi connectivity index (χ1) is 24.2. The number of thiophene rings is 1. The van der Waals surface area contributed by atoms with E-state index in [2.05, 4.69) is 10.2 Å². The third kappa shape index (κ3) is 7.15. The maximum atomic E-state index is 15.1. The van der Waals surface area contributed by atoms with Crippen LogP contribution in [0, 0.1) is 11.6 Å². The fraction of sp³-hybridized carbons (Fsp3) is 0.216. The summed E-state index contributed by atoms with van der Waals surface area (Å²) in [6.45, 7) is 0.350. The first kappa shape index (κ1) is 34.5. The molecule has 0 aliphatic carbocycles. The lowest BCUT2D eigenvalue weighted by molar-refractivity contribution is -0.121. The number of halogens is 2. The fourth-order valence-corrected chi connectivity index (χ4v) is 7.11. The predicted octanol–water partition coefficient (Wildman–Crippen LogP) is 5.40. The Morgan fingerprint density at radius 1 is 0.840 bits per heavy atom. The Kier molecular flexibility index (Phi) is 10.4. The molecule has 0 fully saturated rings. The molecule has 13 heteroatoms. The van der Waals surface area contributed by atoms with E-state index in [0.29, 0.717) is 17.0 Å². The van der Waals surface area contributed by atoms with Crippen LogP contribution in [0.1, 0.15) is 22.3 Å². The lowest BCUT2D eigenvalue weighted by Gasteiger charge is -2.18. The summed E-state index contributed by atoms with van der Waals surface area (Å²) in [4.78, 5) is 44.0. The van der Waals surface area contributed by atoms with Gasteiger partial charge in [-0.2, -0.15) is 0 Å². The van der Waals surface area contributed by atoms with E-state index in [0.717, 1.165) is 33.4 Å². The van der Waals surface area contributed by atoms with Gasteiger partial charge in [0.2, 0.25) is 5.88 Å². The van der Waals surface area contributed by atoms with Crippen molar-refractivity contribution < 1.29 is 23.0 Å². The zero-order valence-electron chi connectivity index (χ0n) is 27.6. The molecule has 3 aromatic carbocycles. The first-order valence-electron chi connectivity index (χ1n) is 15.6. The zero-order chi connectivity index (χ0) is 35.4. The van der Waals surface area contributed by atoms with Crippen molar-refractivity contribution in [2.24, 2.45) is 0 Å². The van der Waals surface area contributed by atoms with Gasteiger partial charge in [0.05, 0.1) is 19.0 Å². The Morgan fingerprint density at radius 2 is 1.56 bits per heavy atom. The van der Waals surface area contributed by atoms with E-state index in [4.69, 9.17) is 9.47 Å². The lowest BCUT2D eigenvalue weighted by atomic mass is 10.0. The number of ketones is 1. The van der Waals surface area contributed by atoms with Crippen LogP contribution in [0.2, 0.25) is 0 Å². The molecule has 0 spiro atoms. The molecule has 0 saturated carbocycles. The van der Waals surface area contributed by atoms with Crippen molar-refractivity contribution in [1.82, 2.24) is 24.2 Å². The fourth-order valence-electron chi connectivity index (χ4n) is 5.81. The Bertz CT molecular complexity index is 2250. The monoisotopic (exact) mass is 697 g/mol. The molecule has 6 aromatic rings. The van der Waals surface area contributed by atoms with Gasteiger partial charge in [-0.1, -0.05) is 60.7 Å². The number of benzene rings is 3. The molecular formula is C37H33F2N5O5S. The van der Waals surface area contributed by atoms with E-state index in [1.165, 1.54) is 48.3 Å². The molecule has 0 bridgehead atoms. The van der Waals surface area contributed by atoms with E-state index in [1.807, 2.05) is 66.5 Å². The summed E-state index contributed by atoms with van der Waals surface area (Å²) < 4.78 is 42.3. The molecule has 0 atom stereocenters. The minimum Gasteiger partial charge on any atom is -0.480 e. The second-order valence-corrected chi connectivity index (χ2v) is 12.7. The Labute approximate surface area is 289 Å². The lowest BCUT2D eigenvalue weighted by Crippen LogP contribution is -2.40. The highest BCUT2D eigenvalue weighted by atomic mass is 32.1. The number of aromatic nitrogens is 4. The third-order valence-corrected chi connectivity index (χ3v) is 9.47. The summed E-state index contributed by atoms with van der Waals surface area (Å²) in [7, 11) is 4.80. The van der Waals surface area contributed by atoms with Crippen LogP contribution < -0.4 is 16.0 Å². The molecule has 10 nitrogen and oxygen atoms in total. The molecule has 3 aromatic heterocycles. The van der Waals surface area contributed by atoms with E-state index in [9.17, 15) is 14.4 Å². The largest absolute Gasteiger partial charge is 0.480 e. The van der Waals surface area contributed by atoms with Gasteiger partial charge in [-0.05, 0) is 47.5 Å². The van der Waals surface area contributed by atoms with Gasteiger partial charge in [0.25, 0.3) is 5.56 Å². The van der Waals surface area contributed by atoms with Crippen LogP contribution in [-0.2, 0) is 35.6 Å². The highest BCUT2D eigenvalue weighted by Gasteiger charge is 2.26. The Morgan fingerprint density at radius 3 is 2.20 bits per heavy atom. The van der Waals surface area contributed by atoms with Crippen molar-refractivity contribution in [3.05, 3.63) is 140 Å². The summed E-state index contributed by atoms with van der Waals surface area (Å²) in [5.74, 6) is -1.63. The van der Waals surface area contributed by atoms with Gasteiger partial charge in [-0.25, -0.2) is 18.1 Å². The SMILES string of the molecule is COCC(=O)Cc1ccc(-c2sc3c(c2CN(C)Cc2ccccc2)c(=O)n(-c2ccc(OC)nn2)c(=O)n3Cc2c(F)cccc2F)cc1. The smallest absolute Gasteiger partial charge is 0.338 e. The number of carbonyl (C=O) groups excluding carboxylic acids is 1. The molecule has 256 valence electrons. The third-order valence-electron chi connectivity index (χ3n) is 8.16. The van der Waals surface area contributed by atoms with Crippen LogP contribution in [0.15, 0.2) is 94.5 Å². The molecule has 0 saturated heterocycles. The van der Waals surface area contributed by atoms with Crippen LogP contribution in [0.5, 0.6) is 5.88 Å². The van der Waals surface area contributed by atoms with Crippen LogP contribution in [0.25, 0.3) is 26.5 Å². The second kappa shape index (κ2) is 15.0. The average Bonchev–Trinajstić information content (AvgIpc) is 3.47. The van der Waals surface area contributed by atoms with Gasteiger partial charge in [-0.15, -0.1) is 21.5 Å². The van der Waals surface area contributed by atoms with Crippen LogP contribution in [-0.4, -0.2) is 57.9 Å². The van der Waals surface area contributed by atoms with Crippen LogP contribution in [0.3, 0.4) is 0 Å². The van der Waals surface area contributed by atoms with Crippen molar-refractivity contribution in [3.63, 3.8) is 0 Å². The molecule has 50 heavy (non-hydrogen) atoms. The minimum atomic E-state index is -0.839. The van der Waals surface area contributed by atoms with Gasteiger partial charge in [0.1, 0.15) is 23.1 Å². The average molecular weight is 698 g/mol. The maximum Gasteiger partial charge on any atom is 0.338 e. The molecule has 0 N–H and O–H groups in total. The van der Waals surface area contributed by atoms with E-state index < -0.39 is 29.4 Å². The van der Waals surface area contributed by atoms with Crippen LogP contribution in [0.4, 0.5) is 8.78 Å². The number of hydrogen-bond donors (Lipinski definition) is 0. The second-order valence-electron chi connectivity index (χ2n) is 11.7. The van der Waals surface area contributed by atoms with Crippen molar-refractivity contribution in [1.29, 1.82) is 0 Å². The number of hydrogen-bond acceptors (Lipinski definition) is 9. The van der Waals surface area contributed by atoms with Crippen molar-refractivity contribution >= 4 is 27.3 Å². The molecule has 3 heterocycles. The number of fused-ring (bicyclic) bond motifs is 1. The highest BCUT2D eigenvalue weighted by Crippen LogP contribution is 2.38. The van der Waals surface area contributed by atoms with E-state index >= 15 is 8.78 Å². The molecular weight excluding hydrogens is 665 g/mol. The highest BCUT2D eigenvalue weighted by molar-refractivity contribution is 7.22. The molecule has 0 aliphatic rings. The normalized spacial score (nSPS) is 11.4. The van der Waals surface area contributed by atoms with E-state index in [1.54, 1.807) is 0 Å². The summed E-state index contributed by atoms with van der Waals surface area (Å²) in [6, 6.07) is 23.6. The van der Waals surface area contributed by atoms with Gasteiger partial charge >= 0.3 is 5.69 Å². The topological polar surface area (TPSA) is 109 Å². The molecule has 0 radical (unpaired) electrons. The number of rotatable bonds is 13. The van der Waals surface area contributed by atoms with Crippen molar-refractivity contribution in [2.45, 2.75) is 26.1 Å². The van der Waals surface area contributed by atoms with Gasteiger partial charge in [0.15, 0.2) is 11.6 Å². The Balaban J connectivity index is 1.59. The van der Waals surface area contributed by atoms with Crippen molar-refractivity contribution in [3.8, 4) is 22.1 Å². The maximum absolute atomic E-state index is 15.1. The number of nitrogens with zero attached hydrogens (tertiary/aromatic N) is 5. The standard InChI is InChI=1S/C37H33F2N5O5S/c1-42(19-24-8-5-4-6-9-24)20-28-33-35(46)44(31-16-17-32(49-3)41-40-31)37(47)43(21-27-29(38)10-7-11-30(27)39)36(33)50-34(28)25-14-12-23(13-15-25)18-26(45)22-48-2/h4-17H,18-22H2,1-3H3.